The van der Waals surface area contributed by atoms with Crippen LogP contribution in [0.4, 0.5) is 5.69 Å². The number of hydrogen-bond acceptors (Lipinski definition) is 6. The Balaban J connectivity index is 2.51. The average Bonchev–Trinajstić information content (AvgIpc) is 2.49. The minimum atomic E-state index is -0.461. The monoisotopic (exact) mass is 303 g/mol. The van der Waals surface area contributed by atoms with E-state index in [2.05, 4.69) is 10.5 Å². The molecule has 1 aliphatic heterocycles. The summed E-state index contributed by atoms with van der Waals surface area (Å²) < 4.78 is 5.10. The number of hydrazone groups is 1. The van der Waals surface area contributed by atoms with E-state index in [9.17, 15) is 14.9 Å². The predicted octanol–water partition coefficient (Wildman–Crippen LogP) is 2.49. The third-order valence-corrected chi connectivity index (χ3v) is 3.42. The molecule has 0 aromatic heterocycles. The second-order valence-corrected chi connectivity index (χ2v) is 4.91. The zero-order chi connectivity index (χ0) is 16.3. The van der Waals surface area contributed by atoms with Crippen LogP contribution < -0.4 is 5.43 Å². The van der Waals surface area contributed by atoms with Crippen molar-refractivity contribution in [2.75, 3.05) is 6.61 Å². The maximum Gasteiger partial charge on any atom is 0.336 e. The number of allylic oxidation sites excluding steroid dienone is 1. The molecule has 0 saturated heterocycles. The molecule has 1 aromatic carbocycles. The van der Waals surface area contributed by atoms with E-state index in [4.69, 9.17) is 4.74 Å². The van der Waals surface area contributed by atoms with Gasteiger partial charge >= 0.3 is 5.97 Å². The number of nitrogens with one attached hydrogen (secondary N) is 1. The molecule has 1 N–H and O–H groups in total. The lowest BCUT2D eigenvalue weighted by Crippen LogP contribution is -2.29. The van der Waals surface area contributed by atoms with Crippen LogP contribution in [-0.4, -0.2) is 23.2 Å². The first-order valence-electron chi connectivity index (χ1n) is 6.88. The quantitative estimate of drug-likeness (QED) is 0.524. The van der Waals surface area contributed by atoms with Crippen LogP contribution in [0.3, 0.4) is 0 Å². The molecular weight excluding hydrogens is 286 g/mol. The summed E-state index contributed by atoms with van der Waals surface area (Å²) in [6.07, 6.45) is 0. The number of non-ortho nitro benzene ring substituents is 1. The average molecular weight is 303 g/mol. The Hall–Kier alpha value is -2.70. The van der Waals surface area contributed by atoms with Crippen molar-refractivity contribution in [1.29, 1.82) is 0 Å². The van der Waals surface area contributed by atoms with E-state index < -0.39 is 16.8 Å². The van der Waals surface area contributed by atoms with Crippen molar-refractivity contribution in [3.05, 3.63) is 51.2 Å². The molecular formula is C15H17N3O4. The first-order chi connectivity index (χ1) is 10.5. The van der Waals surface area contributed by atoms with Gasteiger partial charge in [0.05, 0.1) is 23.0 Å². The molecule has 2 rings (SSSR count). The lowest BCUT2D eigenvalue weighted by molar-refractivity contribution is -0.384. The second-order valence-electron chi connectivity index (χ2n) is 4.91. The molecule has 1 atom stereocenters. The fraction of sp³-hybridized carbons (Fsp3) is 0.333. The fourth-order valence-electron chi connectivity index (χ4n) is 2.43. The Bertz CT molecular complexity index is 679. The lowest BCUT2D eigenvalue weighted by atomic mass is 9.85. The molecule has 1 unspecified atom stereocenters. The van der Waals surface area contributed by atoms with Gasteiger partial charge in [-0.2, -0.15) is 5.10 Å². The molecule has 0 radical (unpaired) electrons. The fourth-order valence-corrected chi connectivity index (χ4v) is 2.43. The van der Waals surface area contributed by atoms with Gasteiger partial charge < -0.3 is 4.74 Å². The van der Waals surface area contributed by atoms with Gasteiger partial charge in [0.1, 0.15) is 0 Å². The number of nitrogens with zero attached hydrogens (tertiary/aromatic N) is 2. The topological polar surface area (TPSA) is 93.8 Å². The largest absolute Gasteiger partial charge is 0.463 e. The Morgan fingerprint density at radius 3 is 2.82 bits per heavy atom. The molecule has 0 aliphatic carbocycles. The number of esters is 1. The van der Waals surface area contributed by atoms with Crippen LogP contribution in [0.15, 0.2) is 40.6 Å². The van der Waals surface area contributed by atoms with Crippen molar-refractivity contribution in [3.8, 4) is 0 Å². The van der Waals surface area contributed by atoms with Gasteiger partial charge in [-0.05, 0) is 26.3 Å². The van der Waals surface area contributed by atoms with E-state index in [1.165, 1.54) is 12.1 Å². The summed E-state index contributed by atoms with van der Waals surface area (Å²) in [4.78, 5) is 22.7. The van der Waals surface area contributed by atoms with Gasteiger partial charge in [0.15, 0.2) is 0 Å². The molecule has 22 heavy (non-hydrogen) atoms. The molecule has 7 nitrogen and oxygen atoms in total. The van der Waals surface area contributed by atoms with E-state index in [1.54, 1.807) is 32.9 Å². The minimum Gasteiger partial charge on any atom is -0.463 e. The zero-order valence-corrected chi connectivity index (χ0v) is 12.6. The van der Waals surface area contributed by atoms with E-state index in [1.807, 2.05) is 0 Å². The normalized spacial score (nSPS) is 17.6. The Labute approximate surface area is 127 Å². The van der Waals surface area contributed by atoms with E-state index in [0.29, 0.717) is 22.5 Å². The molecule has 1 heterocycles. The smallest absolute Gasteiger partial charge is 0.336 e. The summed E-state index contributed by atoms with van der Waals surface area (Å²) in [6.45, 7) is 5.48. The van der Waals surface area contributed by atoms with Crippen LogP contribution in [0.2, 0.25) is 0 Å². The van der Waals surface area contributed by atoms with Gasteiger partial charge in [-0.15, -0.1) is 0 Å². The summed E-state index contributed by atoms with van der Waals surface area (Å²) in [7, 11) is 0. The first kappa shape index (κ1) is 15.7. The van der Waals surface area contributed by atoms with E-state index in [0.717, 1.165) is 0 Å². The molecule has 1 aliphatic rings. The highest BCUT2D eigenvalue weighted by Gasteiger charge is 2.32. The highest BCUT2D eigenvalue weighted by atomic mass is 16.6. The summed E-state index contributed by atoms with van der Waals surface area (Å²) in [5, 5.41) is 15.1. The van der Waals surface area contributed by atoms with Crippen LogP contribution in [0.5, 0.6) is 0 Å². The number of hydrogen-bond donors (Lipinski definition) is 1. The Kier molecular flexibility index (Phi) is 4.55. The number of ether oxygens (including phenoxy) is 1. The number of carbonyl (C=O) groups is 1. The minimum absolute atomic E-state index is 0.0234. The maximum atomic E-state index is 12.2. The van der Waals surface area contributed by atoms with Crippen molar-refractivity contribution in [3.63, 3.8) is 0 Å². The number of carbonyl (C=O) groups excluding carboxylic acids is 1. The molecule has 0 bridgehead atoms. The third-order valence-electron chi connectivity index (χ3n) is 3.42. The van der Waals surface area contributed by atoms with Crippen molar-refractivity contribution in [1.82, 2.24) is 5.43 Å². The highest BCUT2D eigenvalue weighted by Crippen LogP contribution is 2.32. The number of nitro groups is 1. The van der Waals surface area contributed by atoms with Crippen LogP contribution in [0, 0.1) is 10.1 Å². The molecule has 1 aromatic rings. The number of benzene rings is 1. The Morgan fingerprint density at radius 2 is 2.18 bits per heavy atom. The van der Waals surface area contributed by atoms with E-state index >= 15 is 0 Å². The van der Waals surface area contributed by atoms with Crippen molar-refractivity contribution >= 4 is 17.4 Å². The first-order valence-corrected chi connectivity index (χ1v) is 6.88. The van der Waals surface area contributed by atoms with Crippen molar-refractivity contribution in [2.45, 2.75) is 26.7 Å². The number of rotatable bonds is 4. The van der Waals surface area contributed by atoms with Gasteiger partial charge in [-0.25, -0.2) is 4.79 Å². The molecule has 116 valence electrons. The van der Waals surface area contributed by atoms with Gasteiger partial charge in [-0.3, -0.25) is 15.5 Å². The van der Waals surface area contributed by atoms with Crippen molar-refractivity contribution < 1.29 is 14.5 Å². The molecule has 0 saturated carbocycles. The molecule has 7 heteroatoms. The maximum absolute atomic E-state index is 12.2. The summed E-state index contributed by atoms with van der Waals surface area (Å²) in [5.41, 5.74) is 5.06. The number of nitro benzene ring substituents is 1. The molecule has 0 spiro atoms. The van der Waals surface area contributed by atoms with Gasteiger partial charge in [0.25, 0.3) is 5.69 Å². The van der Waals surface area contributed by atoms with E-state index in [-0.39, 0.29) is 12.3 Å². The summed E-state index contributed by atoms with van der Waals surface area (Å²) in [5.74, 6) is -0.904. The summed E-state index contributed by atoms with van der Waals surface area (Å²) in [6, 6.07) is 6.22. The van der Waals surface area contributed by atoms with Gasteiger partial charge in [0.2, 0.25) is 0 Å². The SMILES string of the molecule is CCOC(=O)C1=C(C)NN=C(C)C1c1cccc([N+](=O)[O-])c1. The molecule has 0 fully saturated rings. The molecule has 0 amide bonds. The van der Waals surface area contributed by atoms with Gasteiger partial charge in [-0.1, -0.05) is 12.1 Å². The third kappa shape index (κ3) is 2.98. The standard InChI is InChI=1S/C15H17N3O4/c1-4-22-15(19)14-10(3)17-16-9(2)13(14)11-6-5-7-12(8-11)18(20)21/h5-8,13,17H,4H2,1-3H3. The van der Waals surface area contributed by atoms with Crippen LogP contribution in [-0.2, 0) is 9.53 Å². The van der Waals surface area contributed by atoms with Crippen molar-refractivity contribution in [2.24, 2.45) is 5.10 Å². The zero-order valence-electron chi connectivity index (χ0n) is 12.6. The van der Waals surface area contributed by atoms with Gasteiger partial charge in [0, 0.05) is 23.5 Å². The van der Waals surface area contributed by atoms with Crippen LogP contribution in [0.25, 0.3) is 0 Å². The Morgan fingerprint density at radius 1 is 1.45 bits per heavy atom. The highest BCUT2D eigenvalue weighted by molar-refractivity contribution is 6.03. The van der Waals surface area contributed by atoms with Crippen LogP contribution in [0.1, 0.15) is 32.3 Å². The second kappa shape index (κ2) is 6.38. The van der Waals surface area contributed by atoms with Crippen LogP contribution >= 0.6 is 0 Å². The predicted molar refractivity (Wildman–Crippen MR) is 81.4 cm³/mol. The summed E-state index contributed by atoms with van der Waals surface area (Å²) >= 11 is 0. The lowest BCUT2D eigenvalue weighted by Gasteiger charge is -2.25.